The lowest BCUT2D eigenvalue weighted by Crippen LogP contribution is -2.64. The highest BCUT2D eigenvalue weighted by molar-refractivity contribution is 7.89. The number of para-hydroxylation sites is 1. The van der Waals surface area contributed by atoms with Crippen molar-refractivity contribution in [1.82, 2.24) is 14.9 Å². The first-order valence-electron chi connectivity index (χ1n) is 10.4. The van der Waals surface area contributed by atoms with Gasteiger partial charge in [0, 0.05) is 36.8 Å². The Bertz CT molecular complexity index is 1050. The Morgan fingerprint density at radius 1 is 1.16 bits per heavy atom. The highest BCUT2D eigenvalue weighted by Crippen LogP contribution is 2.29. The fourth-order valence-electron chi connectivity index (χ4n) is 4.23. The van der Waals surface area contributed by atoms with Crippen molar-refractivity contribution in [2.45, 2.75) is 29.8 Å². The summed E-state index contributed by atoms with van der Waals surface area (Å²) in [6.45, 7) is 2.92. The fraction of sp³-hybridized carbons (Fsp3) is 0.409. The van der Waals surface area contributed by atoms with E-state index in [0.717, 1.165) is 23.7 Å². The molecule has 0 unspecified atom stereocenters. The van der Waals surface area contributed by atoms with Crippen LogP contribution >= 0.6 is 24.0 Å². The number of aliphatic imine (C=N–C) groups is 1. The van der Waals surface area contributed by atoms with Gasteiger partial charge in [-0.2, -0.15) is 4.31 Å². The van der Waals surface area contributed by atoms with Crippen LogP contribution in [0.15, 0.2) is 58.4 Å². The molecule has 0 amide bonds. The molecule has 0 aliphatic carbocycles. The Morgan fingerprint density at radius 2 is 1.84 bits per heavy atom. The van der Waals surface area contributed by atoms with E-state index in [1.807, 2.05) is 24.3 Å². The van der Waals surface area contributed by atoms with Gasteiger partial charge in [-0.25, -0.2) is 8.42 Å². The topological polar surface area (TPSA) is 83.0 Å². The van der Waals surface area contributed by atoms with E-state index in [2.05, 4.69) is 10.6 Å². The predicted molar refractivity (Wildman–Crippen MR) is 130 cm³/mol. The molecule has 2 aliphatic heterocycles. The Hall–Kier alpha value is -1.84. The maximum absolute atomic E-state index is 13.0. The molecule has 1 saturated heterocycles. The first-order chi connectivity index (χ1) is 14.9. The smallest absolute Gasteiger partial charge is 0.243 e. The van der Waals surface area contributed by atoms with E-state index in [4.69, 9.17) is 21.3 Å². The number of hydrogen-bond acceptors (Lipinski definition) is 6. The van der Waals surface area contributed by atoms with Gasteiger partial charge >= 0.3 is 0 Å². The maximum atomic E-state index is 13.0. The molecular weight excluding hydrogens is 471 g/mol. The number of piperidine rings is 1. The number of amidine groups is 1. The molecule has 7 nitrogen and oxygen atoms in total. The van der Waals surface area contributed by atoms with Crippen molar-refractivity contribution < 1.29 is 13.2 Å². The minimum Gasteiger partial charge on any atom is -0.496 e. The van der Waals surface area contributed by atoms with Crippen LogP contribution in [0, 0.1) is 0 Å². The van der Waals surface area contributed by atoms with Crippen LogP contribution in [-0.4, -0.2) is 57.4 Å². The number of halogens is 2. The highest BCUT2D eigenvalue weighted by Gasteiger charge is 2.43. The van der Waals surface area contributed by atoms with E-state index in [0.29, 0.717) is 44.0 Å². The first-order valence-corrected chi connectivity index (χ1v) is 12.2. The summed E-state index contributed by atoms with van der Waals surface area (Å²) in [5.74, 6) is 1.73. The largest absolute Gasteiger partial charge is 0.496 e. The number of nitrogens with one attached hydrogen (secondary N) is 2. The minimum atomic E-state index is -3.55. The van der Waals surface area contributed by atoms with E-state index in [1.54, 1.807) is 35.7 Å². The Balaban J connectivity index is 0.00000289. The van der Waals surface area contributed by atoms with Gasteiger partial charge in [0.05, 0.1) is 24.1 Å². The lowest BCUT2D eigenvalue weighted by molar-refractivity contribution is 0.241. The Morgan fingerprint density at radius 3 is 2.53 bits per heavy atom. The van der Waals surface area contributed by atoms with E-state index in [-0.39, 0.29) is 22.8 Å². The number of sulfonamides is 1. The SMILES string of the molecule is COc1ccccc1CNC1=NCCNC12CCN(S(=O)(=O)c1ccc(Cl)cc1)CC2.Cl. The van der Waals surface area contributed by atoms with Crippen LogP contribution in [0.25, 0.3) is 0 Å². The van der Waals surface area contributed by atoms with Crippen molar-refractivity contribution in [2.24, 2.45) is 4.99 Å². The van der Waals surface area contributed by atoms with Crippen LogP contribution in [0.2, 0.25) is 5.02 Å². The summed E-state index contributed by atoms with van der Waals surface area (Å²) in [7, 11) is -1.88. The van der Waals surface area contributed by atoms with Gasteiger partial charge in [0.25, 0.3) is 0 Å². The maximum Gasteiger partial charge on any atom is 0.243 e. The zero-order valence-corrected chi connectivity index (χ0v) is 20.3. The van der Waals surface area contributed by atoms with Gasteiger partial charge in [-0.15, -0.1) is 12.4 Å². The molecule has 2 heterocycles. The molecule has 0 saturated carbocycles. The average molecular weight is 499 g/mol. The molecule has 2 N–H and O–H groups in total. The van der Waals surface area contributed by atoms with Crippen LogP contribution in [0.5, 0.6) is 5.75 Å². The zero-order chi connectivity index (χ0) is 21.9. The molecule has 0 bridgehead atoms. The third-order valence-corrected chi connectivity index (χ3v) is 8.13. The quantitative estimate of drug-likeness (QED) is 0.661. The minimum absolute atomic E-state index is 0. The number of nitrogens with zero attached hydrogens (tertiary/aromatic N) is 2. The van der Waals surface area contributed by atoms with E-state index >= 15 is 0 Å². The van der Waals surface area contributed by atoms with Gasteiger partial charge in [-0.3, -0.25) is 4.99 Å². The summed E-state index contributed by atoms with van der Waals surface area (Å²) >= 11 is 5.91. The second-order valence-corrected chi connectivity index (χ2v) is 10.1. The molecule has 174 valence electrons. The van der Waals surface area contributed by atoms with Crippen molar-refractivity contribution in [3.05, 3.63) is 59.1 Å². The molecule has 10 heteroatoms. The third-order valence-electron chi connectivity index (χ3n) is 5.96. The summed E-state index contributed by atoms with van der Waals surface area (Å²) in [5.41, 5.74) is 0.711. The summed E-state index contributed by atoms with van der Waals surface area (Å²) in [4.78, 5) is 5.02. The Labute approximate surface area is 200 Å². The van der Waals surface area contributed by atoms with Crippen LogP contribution in [0.3, 0.4) is 0 Å². The van der Waals surface area contributed by atoms with E-state index < -0.39 is 10.0 Å². The summed E-state index contributed by atoms with van der Waals surface area (Å²) in [6.07, 6.45) is 1.30. The second-order valence-electron chi connectivity index (χ2n) is 7.76. The molecule has 1 spiro atoms. The molecule has 2 aromatic carbocycles. The van der Waals surface area contributed by atoms with E-state index in [9.17, 15) is 8.42 Å². The van der Waals surface area contributed by atoms with Crippen molar-refractivity contribution in [3.8, 4) is 5.75 Å². The molecule has 2 aromatic rings. The lowest BCUT2D eigenvalue weighted by atomic mass is 9.85. The number of methoxy groups -OCH3 is 1. The molecule has 0 atom stereocenters. The molecular formula is C22H28Cl2N4O3S. The summed E-state index contributed by atoms with van der Waals surface area (Å²) < 4.78 is 33.1. The molecule has 1 fully saturated rings. The summed E-state index contributed by atoms with van der Waals surface area (Å²) in [5, 5.41) is 7.61. The highest BCUT2D eigenvalue weighted by atomic mass is 35.5. The van der Waals surface area contributed by atoms with Crippen molar-refractivity contribution >= 4 is 39.9 Å². The van der Waals surface area contributed by atoms with Gasteiger partial charge in [0.15, 0.2) is 0 Å². The predicted octanol–water partition coefficient (Wildman–Crippen LogP) is 3.09. The number of rotatable bonds is 5. The molecule has 0 radical (unpaired) electrons. The molecule has 0 aromatic heterocycles. The van der Waals surface area contributed by atoms with Crippen molar-refractivity contribution in [2.75, 3.05) is 33.3 Å². The first kappa shape index (κ1) is 24.8. The van der Waals surface area contributed by atoms with Crippen LogP contribution in [0.1, 0.15) is 18.4 Å². The van der Waals surface area contributed by atoms with Gasteiger partial charge in [0.2, 0.25) is 10.0 Å². The fourth-order valence-corrected chi connectivity index (χ4v) is 5.80. The molecule has 32 heavy (non-hydrogen) atoms. The third kappa shape index (κ3) is 5.05. The normalized spacial score (nSPS) is 18.5. The van der Waals surface area contributed by atoms with Gasteiger partial charge in [-0.05, 0) is 43.2 Å². The van der Waals surface area contributed by atoms with Gasteiger partial charge in [-0.1, -0.05) is 29.8 Å². The van der Waals surface area contributed by atoms with Crippen LogP contribution in [0.4, 0.5) is 0 Å². The van der Waals surface area contributed by atoms with Gasteiger partial charge < -0.3 is 15.4 Å². The van der Waals surface area contributed by atoms with Crippen molar-refractivity contribution in [1.29, 1.82) is 0 Å². The monoisotopic (exact) mass is 498 g/mol. The average Bonchev–Trinajstić information content (AvgIpc) is 2.79. The zero-order valence-electron chi connectivity index (χ0n) is 17.9. The summed E-state index contributed by atoms with van der Waals surface area (Å²) in [6, 6.07) is 14.2. The number of benzene rings is 2. The Kier molecular flexibility index (Phi) is 8.06. The van der Waals surface area contributed by atoms with Crippen LogP contribution < -0.4 is 15.4 Å². The molecule has 2 aliphatic rings. The van der Waals surface area contributed by atoms with Crippen LogP contribution in [-0.2, 0) is 16.6 Å². The van der Waals surface area contributed by atoms with Crippen molar-refractivity contribution in [3.63, 3.8) is 0 Å². The standard InChI is InChI=1S/C22H27ClN4O3S.ClH/c1-30-20-5-3-2-4-17(20)16-25-21-22(26-13-12-24-21)10-14-27(15-11-22)31(28,29)19-8-6-18(23)7-9-19;/h2-9,26H,10-16H2,1H3,(H,24,25);1H. The second kappa shape index (κ2) is 10.4. The van der Waals surface area contributed by atoms with Gasteiger partial charge in [0.1, 0.15) is 11.6 Å². The molecule has 4 rings (SSSR count). The van der Waals surface area contributed by atoms with E-state index in [1.165, 1.54) is 0 Å². The number of hydrogen-bond donors (Lipinski definition) is 2. The lowest BCUT2D eigenvalue weighted by Gasteiger charge is -2.44. The number of ether oxygens (including phenoxy) is 1.